The largest absolute Gasteiger partial charge is 0.467 e. The molecular weight excluding hydrogens is 192 g/mol. The molecule has 0 bridgehead atoms. The summed E-state index contributed by atoms with van der Waals surface area (Å²) in [7, 11) is 0. The molecule has 2 heterocycles. The summed E-state index contributed by atoms with van der Waals surface area (Å²) in [5.74, 6) is 0.956. The highest BCUT2D eigenvalue weighted by molar-refractivity contribution is 5.77. The van der Waals surface area contributed by atoms with Crippen LogP contribution in [0.5, 0.6) is 0 Å². The smallest absolute Gasteiger partial charge is 0.223 e. The van der Waals surface area contributed by atoms with E-state index in [1.807, 2.05) is 19.1 Å². The highest BCUT2D eigenvalue weighted by Crippen LogP contribution is 2.30. The molecule has 0 spiro atoms. The van der Waals surface area contributed by atoms with E-state index in [1.165, 1.54) is 0 Å². The van der Waals surface area contributed by atoms with Gasteiger partial charge in [-0.15, -0.1) is 0 Å². The molecule has 0 radical (unpaired) electrons. The molecule has 1 aromatic rings. The van der Waals surface area contributed by atoms with Crippen molar-refractivity contribution in [2.45, 2.75) is 31.8 Å². The Kier molecular flexibility index (Phi) is 2.77. The van der Waals surface area contributed by atoms with Crippen LogP contribution in [-0.2, 0) is 4.79 Å². The average molecular weight is 208 g/mol. The van der Waals surface area contributed by atoms with Gasteiger partial charge in [-0.25, -0.2) is 0 Å². The molecule has 0 aliphatic carbocycles. The first-order valence-electron chi connectivity index (χ1n) is 5.32. The third-order valence-electron chi connectivity index (χ3n) is 2.93. The topological polar surface area (TPSA) is 59.5 Å². The molecule has 2 unspecified atom stereocenters. The van der Waals surface area contributed by atoms with Crippen molar-refractivity contribution in [1.29, 1.82) is 0 Å². The monoisotopic (exact) mass is 208 g/mol. The summed E-state index contributed by atoms with van der Waals surface area (Å²) in [6.45, 7) is 2.64. The van der Waals surface area contributed by atoms with Crippen molar-refractivity contribution >= 4 is 5.91 Å². The van der Waals surface area contributed by atoms with Crippen LogP contribution >= 0.6 is 0 Å². The molecule has 4 nitrogen and oxygen atoms in total. The summed E-state index contributed by atoms with van der Waals surface area (Å²) in [5.41, 5.74) is 6.04. The molecule has 1 fully saturated rings. The minimum Gasteiger partial charge on any atom is -0.467 e. The molecule has 0 aromatic carbocycles. The molecule has 1 aromatic heterocycles. The molecule has 1 amide bonds. The molecule has 15 heavy (non-hydrogen) atoms. The fourth-order valence-electron chi connectivity index (χ4n) is 2.18. The Labute approximate surface area is 89.0 Å². The van der Waals surface area contributed by atoms with Crippen molar-refractivity contribution in [2.24, 2.45) is 5.73 Å². The van der Waals surface area contributed by atoms with Crippen LogP contribution in [-0.4, -0.2) is 23.4 Å². The SMILES string of the molecule is CCN1C(=O)CCC(N)C1c1ccco1. The van der Waals surface area contributed by atoms with Crippen molar-refractivity contribution in [3.63, 3.8) is 0 Å². The maximum absolute atomic E-state index is 11.7. The second-order valence-electron chi connectivity index (χ2n) is 3.84. The van der Waals surface area contributed by atoms with Crippen molar-refractivity contribution < 1.29 is 9.21 Å². The van der Waals surface area contributed by atoms with Gasteiger partial charge in [0.15, 0.2) is 0 Å². The van der Waals surface area contributed by atoms with Crippen LogP contribution < -0.4 is 5.73 Å². The van der Waals surface area contributed by atoms with Gasteiger partial charge in [0.1, 0.15) is 11.8 Å². The molecule has 1 saturated heterocycles. The van der Waals surface area contributed by atoms with Crippen molar-refractivity contribution in [1.82, 2.24) is 4.90 Å². The van der Waals surface area contributed by atoms with Crippen LogP contribution in [0, 0.1) is 0 Å². The first kappa shape index (κ1) is 10.2. The molecule has 1 aliphatic heterocycles. The van der Waals surface area contributed by atoms with E-state index in [-0.39, 0.29) is 18.0 Å². The van der Waals surface area contributed by atoms with E-state index < -0.39 is 0 Å². The lowest BCUT2D eigenvalue weighted by atomic mass is 9.94. The number of nitrogens with two attached hydrogens (primary N) is 1. The van der Waals surface area contributed by atoms with Crippen molar-refractivity contribution in [2.75, 3.05) is 6.54 Å². The molecule has 2 rings (SSSR count). The Hall–Kier alpha value is -1.29. The zero-order valence-electron chi connectivity index (χ0n) is 8.85. The number of hydrogen-bond donors (Lipinski definition) is 1. The van der Waals surface area contributed by atoms with Gasteiger partial charge in [0, 0.05) is 19.0 Å². The summed E-state index contributed by atoms with van der Waals surface area (Å²) < 4.78 is 5.35. The Morgan fingerprint density at radius 2 is 2.47 bits per heavy atom. The first-order chi connectivity index (χ1) is 7.24. The normalized spacial score (nSPS) is 27.1. The Morgan fingerprint density at radius 1 is 1.67 bits per heavy atom. The number of amides is 1. The number of carbonyl (C=O) groups is 1. The van der Waals surface area contributed by atoms with E-state index >= 15 is 0 Å². The zero-order valence-corrected chi connectivity index (χ0v) is 8.85. The Balaban J connectivity index is 2.28. The van der Waals surface area contributed by atoms with E-state index in [1.54, 1.807) is 11.2 Å². The van der Waals surface area contributed by atoms with Gasteiger partial charge in [0.05, 0.1) is 6.26 Å². The number of piperidine rings is 1. The maximum Gasteiger partial charge on any atom is 0.223 e. The summed E-state index contributed by atoms with van der Waals surface area (Å²) in [6.07, 6.45) is 2.90. The third kappa shape index (κ3) is 1.77. The number of nitrogens with zero attached hydrogens (tertiary/aromatic N) is 1. The average Bonchev–Trinajstić information content (AvgIpc) is 2.74. The van der Waals surface area contributed by atoms with E-state index in [0.717, 1.165) is 12.2 Å². The second kappa shape index (κ2) is 4.06. The molecule has 82 valence electrons. The predicted octanol–water partition coefficient (Wildman–Crippen LogP) is 1.29. The van der Waals surface area contributed by atoms with Crippen molar-refractivity contribution in [3.8, 4) is 0 Å². The lowest BCUT2D eigenvalue weighted by Gasteiger charge is -2.37. The van der Waals surface area contributed by atoms with Crippen LogP contribution in [0.2, 0.25) is 0 Å². The summed E-state index contributed by atoms with van der Waals surface area (Å²) in [4.78, 5) is 13.5. The van der Waals surface area contributed by atoms with Gasteiger partial charge in [0.2, 0.25) is 5.91 Å². The summed E-state index contributed by atoms with van der Waals surface area (Å²) in [6, 6.07) is 3.60. The van der Waals surface area contributed by atoms with Gasteiger partial charge < -0.3 is 15.1 Å². The van der Waals surface area contributed by atoms with Crippen LogP contribution in [0.15, 0.2) is 22.8 Å². The van der Waals surface area contributed by atoms with Gasteiger partial charge in [-0.1, -0.05) is 0 Å². The second-order valence-corrected chi connectivity index (χ2v) is 3.84. The van der Waals surface area contributed by atoms with Crippen LogP contribution in [0.3, 0.4) is 0 Å². The lowest BCUT2D eigenvalue weighted by molar-refractivity contribution is -0.137. The summed E-state index contributed by atoms with van der Waals surface area (Å²) in [5, 5.41) is 0. The standard InChI is InChI=1S/C11H16N2O2/c1-2-13-10(14)6-5-8(12)11(13)9-4-3-7-15-9/h3-4,7-8,11H,2,5-6,12H2,1H3. The third-order valence-corrected chi connectivity index (χ3v) is 2.93. The first-order valence-corrected chi connectivity index (χ1v) is 5.32. The zero-order chi connectivity index (χ0) is 10.8. The maximum atomic E-state index is 11.7. The lowest BCUT2D eigenvalue weighted by Crippen LogP contribution is -2.48. The minimum atomic E-state index is -0.0914. The van der Waals surface area contributed by atoms with Gasteiger partial charge in [0.25, 0.3) is 0 Å². The number of likely N-dealkylation sites (N-methyl/N-ethyl adjacent to an activating group) is 1. The van der Waals surface area contributed by atoms with E-state index in [9.17, 15) is 4.79 Å². The Bertz CT molecular complexity index is 334. The quantitative estimate of drug-likeness (QED) is 0.796. The Morgan fingerprint density at radius 3 is 3.07 bits per heavy atom. The molecule has 4 heteroatoms. The van der Waals surface area contributed by atoms with Gasteiger partial charge in [-0.05, 0) is 25.5 Å². The van der Waals surface area contributed by atoms with Gasteiger partial charge >= 0.3 is 0 Å². The number of carbonyl (C=O) groups excluding carboxylic acids is 1. The molecule has 1 aliphatic rings. The predicted molar refractivity (Wildman–Crippen MR) is 56.0 cm³/mol. The number of furan rings is 1. The van der Waals surface area contributed by atoms with Gasteiger partial charge in [-0.3, -0.25) is 4.79 Å². The van der Waals surface area contributed by atoms with Crippen LogP contribution in [0.25, 0.3) is 0 Å². The van der Waals surface area contributed by atoms with E-state index in [0.29, 0.717) is 13.0 Å². The molecular formula is C11H16N2O2. The highest BCUT2D eigenvalue weighted by Gasteiger charge is 2.35. The fourth-order valence-corrected chi connectivity index (χ4v) is 2.18. The number of likely N-dealkylation sites (tertiary alicyclic amines) is 1. The molecule has 2 atom stereocenters. The summed E-state index contributed by atoms with van der Waals surface area (Å²) >= 11 is 0. The van der Waals surface area contributed by atoms with Crippen molar-refractivity contribution in [3.05, 3.63) is 24.2 Å². The van der Waals surface area contributed by atoms with E-state index in [2.05, 4.69) is 0 Å². The molecule has 2 N–H and O–H groups in total. The number of hydrogen-bond acceptors (Lipinski definition) is 3. The fraction of sp³-hybridized carbons (Fsp3) is 0.545. The van der Waals surface area contributed by atoms with Crippen LogP contribution in [0.1, 0.15) is 31.6 Å². The highest BCUT2D eigenvalue weighted by atomic mass is 16.3. The van der Waals surface area contributed by atoms with Crippen LogP contribution in [0.4, 0.5) is 0 Å². The van der Waals surface area contributed by atoms with E-state index in [4.69, 9.17) is 10.2 Å². The van der Waals surface area contributed by atoms with Gasteiger partial charge in [-0.2, -0.15) is 0 Å². The molecule has 0 saturated carbocycles. The minimum absolute atomic E-state index is 0.0196. The number of rotatable bonds is 2.